The fourth-order valence-corrected chi connectivity index (χ4v) is 5.13. The molecule has 8 heteroatoms. The molecule has 154 valence electrons. The molecule has 0 bridgehead atoms. The number of thiophene rings is 1. The smallest absolute Gasteiger partial charge is 0.292 e. The number of aryl methyl sites for hydroxylation is 1. The number of nitrogens with zero attached hydrogens (tertiary/aromatic N) is 1. The monoisotopic (exact) mass is 460 g/mol. The molecule has 0 fully saturated rings. The van der Waals surface area contributed by atoms with E-state index in [1.165, 1.54) is 22.6 Å². The van der Waals surface area contributed by atoms with E-state index in [0.29, 0.717) is 32.1 Å². The fourth-order valence-electron chi connectivity index (χ4n) is 3.43. The summed E-state index contributed by atoms with van der Waals surface area (Å²) in [6, 6.07) is 10.5. The number of nitriles is 1. The summed E-state index contributed by atoms with van der Waals surface area (Å²) in [7, 11) is 0. The molecular formula is C22H18Cl2N2O3S. The van der Waals surface area contributed by atoms with Crippen LogP contribution in [0.4, 0.5) is 5.00 Å². The molecule has 3 aromatic rings. The first-order valence-corrected chi connectivity index (χ1v) is 11.1. The van der Waals surface area contributed by atoms with Gasteiger partial charge in [-0.05, 0) is 61.6 Å². The number of carbonyl (C=O) groups is 1. The molecular weight excluding hydrogens is 443 g/mol. The Morgan fingerprint density at radius 2 is 2.03 bits per heavy atom. The molecule has 2 aromatic heterocycles. The van der Waals surface area contributed by atoms with Crippen LogP contribution in [-0.2, 0) is 19.4 Å². The van der Waals surface area contributed by atoms with Crippen LogP contribution in [0.3, 0.4) is 0 Å². The SMILES string of the molecule is N#Cc1c(NC(=O)c2ccc(COc3ccc(Cl)cc3Cl)o2)sc2c1CCCCC2. The van der Waals surface area contributed by atoms with Gasteiger partial charge in [-0.3, -0.25) is 4.79 Å². The van der Waals surface area contributed by atoms with Crippen molar-refractivity contribution in [1.29, 1.82) is 5.26 Å². The minimum atomic E-state index is -0.390. The summed E-state index contributed by atoms with van der Waals surface area (Å²) in [5.74, 6) is 0.720. The number of carbonyl (C=O) groups excluding carboxylic acids is 1. The van der Waals surface area contributed by atoms with Gasteiger partial charge in [0.2, 0.25) is 0 Å². The first kappa shape index (κ1) is 20.8. The van der Waals surface area contributed by atoms with Gasteiger partial charge in [-0.15, -0.1) is 11.3 Å². The van der Waals surface area contributed by atoms with Crippen molar-refractivity contribution in [3.05, 3.63) is 67.9 Å². The Labute approximate surface area is 188 Å². The molecule has 0 aliphatic heterocycles. The molecule has 2 heterocycles. The summed E-state index contributed by atoms with van der Waals surface area (Å²) in [5.41, 5.74) is 1.67. The Hall–Kier alpha value is -2.46. The van der Waals surface area contributed by atoms with E-state index >= 15 is 0 Å². The number of hydrogen-bond donors (Lipinski definition) is 1. The van der Waals surface area contributed by atoms with Crippen molar-refractivity contribution >= 4 is 45.4 Å². The van der Waals surface area contributed by atoms with Crippen molar-refractivity contribution in [2.45, 2.75) is 38.7 Å². The van der Waals surface area contributed by atoms with Crippen molar-refractivity contribution in [3.63, 3.8) is 0 Å². The van der Waals surface area contributed by atoms with Crippen LogP contribution in [-0.4, -0.2) is 5.91 Å². The maximum Gasteiger partial charge on any atom is 0.292 e. The lowest BCUT2D eigenvalue weighted by Crippen LogP contribution is -2.11. The molecule has 30 heavy (non-hydrogen) atoms. The Morgan fingerprint density at radius 3 is 2.83 bits per heavy atom. The number of anilines is 1. The highest BCUT2D eigenvalue weighted by Crippen LogP contribution is 2.37. The van der Waals surface area contributed by atoms with Gasteiger partial charge in [-0.2, -0.15) is 5.26 Å². The minimum absolute atomic E-state index is 0.116. The van der Waals surface area contributed by atoms with Crippen LogP contribution < -0.4 is 10.1 Å². The van der Waals surface area contributed by atoms with Gasteiger partial charge in [-0.25, -0.2) is 0 Å². The largest absolute Gasteiger partial charge is 0.484 e. The number of benzene rings is 1. The summed E-state index contributed by atoms with van der Waals surface area (Å²) >= 11 is 13.5. The second kappa shape index (κ2) is 9.13. The van der Waals surface area contributed by atoms with Crippen molar-refractivity contribution in [3.8, 4) is 11.8 Å². The number of furan rings is 1. The van der Waals surface area contributed by atoms with E-state index in [4.69, 9.17) is 32.4 Å². The second-order valence-corrected chi connectivity index (χ2v) is 8.91. The van der Waals surface area contributed by atoms with Crippen molar-refractivity contribution in [1.82, 2.24) is 0 Å². The third-order valence-corrected chi connectivity index (χ3v) is 6.65. The predicted molar refractivity (Wildman–Crippen MR) is 118 cm³/mol. The first-order chi connectivity index (χ1) is 14.5. The highest BCUT2D eigenvalue weighted by Gasteiger charge is 2.22. The number of hydrogen-bond acceptors (Lipinski definition) is 5. The van der Waals surface area contributed by atoms with Crippen molar-refractivity contribution in [2.75, 3.05) is 5.32 Å². The van der Waals surface area contributed by atoms with E-state index in [2.05, 4.69) is 11.4 Å². The van der Waals surface area contributed by atoms with E-state index in [1.54, 1.807) is 30.3 Å². The van der Waals surface area contributed by atoms with Gasteiger partial charge in [0.25, 0.3) is 5.91 Å². The second-order valence-electron chi connectivity index (χ2n) is 6.96. The van der Waals surface area contributed by atoms with Gasteiger partial charge in [0.05, 0.1) is 10.6 Å². The zero-order valence-electron chi connectivity index (χ0n) is 16.0. The van der Waals surface area contributed by atoms with Gasteiger partial charge in [0, 0.05) is 9.90 Å². The highest BCUT2D eigenvalue weighted by atomic mass is 35.5. The molecule has 1 N–H and O–H groups in total. The van der Waals surface area contributed by atoms with Gasteiger partial charge >= 0.3 is 0 Å². The quantitative estimate of drug-likeness (QED) is 0.434. The van der Waals surface area contributed by atoms with Crippen LogP contribution in [0, 0.1) is 11.3 Å². The lowest BCUT2D eigenvalue weighted by Gasteiger charge is -2.06. The number of halogens is 2. The van der Waals surface area contributed by atoms with E-state index in [-0.39, 0.29) is 12.4 Å². The Balaban J connectivity index is 1.44. The van der Waals surface area contributed by atoms with Crippen molar-refractivity contribution in [2.24, 2.45) is 0 Å². The first-order valence-electron chi connectivity index (χ1n) is 9.57. The summed E-state index contributed by atoms with van der Waals surface area (Å²) in [5, 5.41) is 14.0. The zero-order valence-corrected chi connectivity index (χ0v) is 18.3. The van der Waals surface area contributed by atoms with E-state index in [1.807, 2.05) is 0 Å². The van der Waals surface area contributed by atoms with Crippen LogP contribution in [0.15, 0.2) is 34.7 Å². The molecule has 5 nitrogen and oxygen atoms in total. The number of fused-ring (bicyclic) bond motifs is 1. The van der Waals surface area contributed by atoms with Gasteiger partial charge in [0.15, 0.2) is 5.76 Å². The average Bonchev–Trinajstić information content (AvgIpc) is 3.25. The van der Waals surface area contributed by atoms with Crippen LogP contribution >= 0.6 is 34.5 Å². The normalized spacial score (nSPS) is 13.2. The molecule has 0 radical (unpaired) electrons. The molecule has 0 saturated heterocycles. The van der Waals surface area contributed by atoms with Crippen LogP contribution in [0.5, 0.6) is 5.75 Å². The Kier molecular flexibility index (Phi) is 6.33. The number of ether oxygens (including phenoxy) is 1. The summed E-state index contributed by atoms with van der Waals surface area (Å²) in [6.45, 7) is 0.116. The maximum atomic E-state index is 12.7. The molecule has 0 saturated carbocycles. The maximum absolute atomic E-state index is 12.7. The molecule has 0 spiro atoms. The third kappa shape index (κ3) is 4.49. The predicted octanol–water partition coefficient (Wildman–Crippen LogP) is 6.62. The highest BCUT2D eigenvalue weighted by molar-refractivity contribution is 7.16. The summed E-state index contributed by atoms with van der Waals surface area (Å²) < 4.78 is 11.2. The zero-order chi connectivity index (χ0) is 21.1. The summed E-state index contributed by atoms with van der Waals surface area (Å²) in [6.07, 6.45) is 5.21. The molecule has 1 aromatic carbocycles. The third-order valence-electron chi connectivity index (χ3n) is 4.91. The van der Waals surface area contributed by atoms with Crippen molar-refractivity contribution < 1.29 is 13.9 Å². The van der Waals surface area contributed by atoms with E-state index in [9.17, 15) is 10.1 Å². The molecule has 0 unspecified atom stereocenters. The van der Waals surface area contributed by atoms with E-state index in [0.717, 1.165) is 31.2 Å². The minimum Gasteiger partial charge on any atom is -0.484 e. The van der Waals surface area contributed by atoms with Crippen LogP contribution in [0.2, 0.25) is 10.0 Å². The average molecular weight is 461 g/mol. The van der Waals surface area contributed by atoms with Gasteiger partial charge in [-0.1, -0.05) is 29.6 Å². The fraction of sp³-hybridized carbons (Fsp3) is 0.273. The number of nitrogens with one attached hydrogen (secondary N) is 1. The molecule has 4 rings (SSSR count). The number of amides is 1. The molecule has 1 aliphatic rings. The van der Waals surface area contributed by atoms with E-state index < -0.39 is 5.91 Å². The standard InChI is InChI=1S/C22H18Cl2N2O3S/c23-13-6-8-18(17(24)10-13)28-12-14-7-9-19(29-14)21(27)26-22-16(11-25)15-4-2-1-3-5-20(15)30-22/h6-10H,1-5,12H2,(H,26,27). The van der Waals surface area contributed by atoms with Gasteiger partial charge in [0.1, 0.15) is 29.2 Å². The molecule has 1 aliphatic carbocycles. The lowest BCUT2D eigenvalue weighted by atomic mass is 10.1. The van der Waals surface area contributed by atoms with Crippen LogP contribution in [0.25, 0.3) is 0 Å². The Bertz CT molecular complexity index is 1130. The molecule has 0 atom stereocenters. The molecule has 1 amide bonds. The summed E-state index contributed by atoms with van der Waals surface area (Å²) in [4.78, 5) is 13.9. The lowest BCUT2D eigenvalue weighted by molar-refractivity contribution is 0.0993. The topological polar surface area (TPSA) is 75.3 Å². The van der Waals surface area contributed by atoms with Crippen LogP contribution in [0.1, 0.15) is 51.6 Å². The number of rotatable bonds is 5. The Morgan fingerprint density at radius 1 is 1.20 bits per heavy atom. The van der Waals surface area contributed by atoms with Gasteiger partial charge < -0.3 is 14.5 Å².